The average Bonchev–Trinajstić information content (AvgIpc) is 2.65. The predicted molar refractivity (Wildman–Crippen MR) is 96.4 cm³/mol. The molecule has 5 heteroatoms. The van der Waals surface area contributed by atoms with E-state index < -0.39 is 6.10 Å². The first-order valence-electron chi connectivity index (χ1n) is 8.32. The maximum Gasteiger partial charge on any atom is 0.203 e. The zero-order chi connectivity index (χ0) is 18.1. The third-order valence-corrected chi connectivity index (χ3v) is 5.13. The van der Waals surface area contributed by atoms with E-state index in [-0.39, 0.29) is 12.1 Å². The van der Waals surface area contributed by atoms with Gasteiger partial charge in [0.2, 0.25) is 5.75 Å². The van der Waals surface area contributed by atoms with Crippen LogP contribution in [-0.2, 0) is 0 Å². The summed E-state index contributed by atoms with van der Waals surface area (Å²) < 4.78 is 16.6. The number of aliphatic hydroxyl groups excluding tert-OH is 1. The molecule has 0 spiro atoms. The molecule has 0 bridgehead atoms. The van der Waals surface area contributed by atoms with Gasteiger partial charge in [-0.05, 0) is 31.2 Å². The van der Waals surface area contributed by atoms with E-state index in [1.807, 2.05) is 43.4 Å². The van der Waals surface area contributed by atoms with Gasteiger partial charge in [-0.1, -0.05) is 30.3 Å². The lowest BCUT2D eigenvalue weighted by Gasteiger charge is -2.43. The second-order valence-corrected chi connectivity index (χ2v) is 6.29. The van der Waals surface area contributed by atoms with E-state index in [9.17, 15) is 5.11 Å². The molecule has 1 aliphatic heterocycles. The van der Waals surface area contributed by atoms with Gasteiger partial charge >= 0.3 is 0 Å². The first kappa shape index (κ1) is 17.6. The second kappa shape index (κ2) is 6.94. The smallest absolute Gasteiger partial charge is 0.203 e. The Balaban J connectivity index is 2.22. The fourth-order valence-corrected chi connectivity index (χ4v) is 3.78. The number of hydrogen-bond donors (Lipinski definition) is 1. The summed E-state index contributed by atoms with van der Waals surface area (Å²) in [6.45, 7) is 2.11. The van der Waals surface area contributed by atoms with Crippen LogP contribution in [0.25, 0.3) is 0 Å². The number of ether oxygens (including phenoxy) is 3. The van der Waals surface area contributed by atoms with Crippen molar-refractivity contribution < 1.29 is 19.3 Å². The number of rotatable bonds is 4. The van der Waals surface area contributed by atoms with Crippen molar-refractivity contribution in [3.05, 3.63) is 53.1 Å². The minimum Gasteiger partial charge on any atom is -0.493 e. The first-order valence-corrected chi connectivity index (χ1v) is 8.32. The van der Waals surface area contributed by atoms with Gasteiger partial charge < -0.3 is 19.3 Å². The lowest BCUT2D eigenvalue weighted by molar-refractivity contribution is 0.0223. The molecule has 5 nitrogen and oxygen atoms in total. The Morgan fingerprint density at radius 2 is 1.60 bits per heavy atom. The molecule has 1 N–H and O–H groups in total. The number of nitrogens with zero attached hydrogens (tertiary/aromatic N) is 1. The highest BCUT2D eigenvalue weighted by molar-refractivity contribution is 5.61. The SMILES string of the molecule is COc1cc2c(c(OC)c1OC)[C@@H](C)N(C)[C@H](c1ccccc1)[C@H]2O. The van der Waals surface area contributed by atoms with Gasteiger partial charge in [-0.15, -0.1) is 0 Å². The minimum absolute atomic E-state index is 0.0402. The lowest BCUT2D eigenvalue weighted by Crippen LogP contribution is -2.37. The fourth-order valence-electron chi connectivity index (χ4n) is 3.78. The molecule has 25 heavy (non-hydrogen) atoms. The van der Waals surface area contributed by atoms with E-state index in [1.165, 1.54) is 0 Å². The summed E-state index contributed by atoms with van der Waals surface area (Å²) in [6, 6.07) is 11.8. The maximum atomic E-state index is 11.2. The number of methoxy groups -OCH3 is 3. The minimum atomic E-state index is -0.702. The molecular weight excluding hydrogens is 318 g/mol. The number of hydrogen-bond acceptors (Lipinski definition) is 5. The molecule has 1 aliphatic rings. The van der Waals surface area contributed by atoms with Crippen LogP contribution in [0.3, 0.4) is 0 Å². The van der Waals surface area contributed by atoms with Crippen LogP contribution in [0.1, 0.15) is 41.8 Å². The monoisotopic (exact) mass is 343 g/mol. The van der Waals surface area contributed by atoms with Crippen LogP contribution in [0.2, 0.25) is 0 Å². The van der Waals surface area contributed by atoms with Crippen molar-refractivity contribution >= 4 is 0 Å². The van der Waals surface area contributed by atoms with Gasteiger partial charge in [0.15, 0.2) is 11.5 Å². The standard InChI is InChI=1S/C20H25NO4/c1-12-16-14(11-15(23-3)19(24-4)20(16)25-5)18(22)17(21(12)2)13-9-7-6-8-10-13/h6-12,17-18,22H,1-5H3/t12-,17-,18+/m1/s1. The topological polar surface area (TPSA) is 51.2 Å². The van der Waals surface area contributed by atoms with Crippen LogP contribution < -0.4 is 14.2 Å². The van der Waals surface area contributed by atoms with Gasteiger partial charge in [-0.25, -0.2) is 0 Å². The number of fused-ring (bicyclic) bond motifs is 1. The summed E-state index contributed by atoms with van der Waals surface area (Å²) in [5.74, 6) is 1.72. The highest BCUT2D eigenvalue weighted by atomic mass is 16.5. The summed E-state index contributed by atoms with van der Waals surface area (Å²) in [5.41, 5.74) is 2.82. The summed E-state index contributed by atoms with van der Waals surface area (Å²) in [4.78, 5) is 2.16. The van der Waals surface area contributed by atoms with Crippen molar-refractivity contribution in [2.24, 2.45) is 0 Å². The Labute approximate surface area is 148 Å². The Hall–Kier alpha value is -2.24. The zero-order valence-electron chi connectivity index (χ0n) is 15.3. The first-order chi connectivity index (χ1) is 12.0. The molecule has 2 aromatic carbocycles. The van der Waals surface area contributed by atoms with Gasteiger partial charge in [-0.3, -0.25) is 4.90 Å². The van der Waals surface area contributed by atoms with E-state index in [2.05, 4.69) is 11.8 Å². The van der Waals surface area contributed by atoms with Crippen LogP contribution in [0, 0.1) is 0 Å². The molecule has 0 aliphatic carbocycles. The van der Waals surface area contributed by atoms with E-state index in [1.54, 1.807) is 21.3 Å². The van der Waals surface area contributed by atoms with Crippen molar-refractivity contribution in [2.75, 3.05) is 28.4 Å². The Bertz CT molecular complexity index is 747. The predicted octanol–water partition coefficient (Wildman–Crippen LogP) is 3.49. The highest BCUT2D eigenvalue weighted by Gasteiger charge is 2.40. The van der Waals surface area contributed by atoms with Gasteiger partial charge in [0.25, 0.3) is 0 Å². The van der Waals surface area contributed by atoms with Gasteiger partial charge in [0, 0.05) is 11.6 Å². The number of aliphatic hydroxyl groups is 1. The largest absolute Gasteiger partial charge is 0.493 e. The number of benzene rings is 2. The summed E-state index contributed by atoms with van der Waals surface area (Å²) >= 11 is 0. The van der Waals surface area contributed by atoms with E-state index in [0.717, 1.165) is 16.7 Å². The molecule has 0 saturated carbocycles. The molecule has 3 atom stereocenters. The lowest BCUT2D eigenvalue weighted by atomic mass is 9.83. The van der Waals surface area contributed by atoms with Gasteiger partial charge in [-0.2, -0.15) is 0 Å². The second-order valence-electron chi connectivity index (χ2n) is 6.29. The molecule has 0 amide bonds. The molecule has 0 saturated heterocycles. The van der Waals surface area contributed by atoms with Crippen LogP contribution in [-0.4, -0.2) is 38.4 Å². The van der Waals surface area contributed by atoms with Crippen LogP contribution in [0.5, 0.6) is 17.2 Å². The summed E-state index contributed by atoms with van der Waals surface area (Å²) in [5, 5.41) is 11.2. The van der Waals surface area contributed by atoms with E-state index in [0.29, 0.717) is 17.2 Å². The third-order valence-electron chi connectivity index (χ3n) is 5.13. The van der Waals surface area contributed by atoms with Crippen molar-refractivity contribution in [3.8, 4) is 17.2 Å². The quantitative estimate of drug-likeness (QED) is 0.921. The van der Waals surface area contributed by atoms with Crippen LogP contribution in [0.4, 0.5) is 0 Å². The van der Waals surface area contributed by atoms with E-state index >= 15 is 0 Å². The molecule has 0 aromatic heterocycles. The van der Waals surface area contributed by atoms with Crippen molar-refractivity contribution in [1.82, 2.24) is 4.90 Å². The van der Waals surface area contributed by atoms with Crippen molar-refractivity contribution in [3.63, 3.8) is 0 Å². The van der Waals surface area contributed by atoms with Gasteiger partial charge in [0.1, 0.15) is 0 Å². The van der Waals surface area contributed by atoms with Crippen LogP contribution in [0.15, 0.2) is 36.4 Å². The Kier molecular flexibility index (Phi) is 4.88. The normalized spacial score (nSPS) is 23.0. The molecule has 0 fully saturated rings. The zero-order valence-corrected chi connectivity index (χ0v) is 15.3. The van der Waals surface area contributed by atoms with Crippen molar-refractivity contribution in [2.45, 2.75) is 25.1 Å². The fraction of sp³-hybridized carbons (Fsp3) is 0.400. The maximum absolute atomic E-state index is 11.2. The highest BCUT2D eigenvalue weighted by Crippen LogP contribution is 2.53. The van der Waals surface area contributed by atoms with E-state index in [4.69, 9.17) is 14.2 Å². The average molecular weight is 343 g/mol. The summed E-state index contributed by atoms with van der Waals surface area (Å²) in [7, 11) is 6.81. The Morgan fingerprint density at radius 3 is 2.16 bits per heavy atom. The molecule has 3 rings (SSSR count). The van der Waals surface area contributed by atoms with Crippen molar-refractivity contribution in [1.29, 1.82) is 0 Å². The van der Waals surface area contributed by atoms with Crippen LogP contribution >= 0.6 is 0 Å². The molecule has 134 valence electrons. The molecular formula is C20H25NO4. The number of likely N-dealkylation sites (N-methyl/N-ethyl adjacent to an activating group) is 1. The molecule has 1 heterocycles. The third kappa shape index (κ3) is 2.73. The molecule has 2 aromatic rings. The molecule has 0 unspecified atom stereocenters. The summed E-state index contributed by atoms with van der Waals surface area (Å²) in [6.07, 6.45) is -0.702. The Morgan fingerprint density at radius 1 is 0.960 bits per heavy atom. The molecule has 0 radical (unpaired) electrons. The van der Waals surface area contributed by atoms with Gasteiger partial charge in [0.05, 0.1) is 33.5 Å².